The topological polar surface area (TPSA) is 292 Å². The van der Waals surface area contributed by atoms with Gasteiger partial charge in [0.05, 0.1) is 33.4 Å². The molecular weight excluding hydrogens is 1450 g/mol. The number of aryl methyl sites for hydroxylation is 3. The van der Waals surface area contributed by atoms with Gasteiger partial charge in [-0.3, -0.25) is 0 Å². The Morgan fingerprint density at radius 1 is 0.495 bits per heavy atom. The number of benzene rings is 7. The van der Waals surface area contributed by atoms with Gasteiger partial charge in [-0.15, -0.1) is 0 Å². The van der Waals surface area contributed by atoms with Gasteiger partial charge in [-0.25, -0.2) is 57.9 Å². The molecule has 0 fully saturated rings. The maximum atomic E-state index is 14.0. The number of rotatable bonds is 6. The fourth-order valence-corrected chi connectivity index (χ4v) is 17.7. The quantitative estimate of drug-likeness (QED) is 0.0967. The molecule has 18 rings (SSSR count). The number of nitriles is 3. The molecule has 0 radical (unpaired) electrons. The highest BCUT2D eigenvalue weighted by molar-refractivity contribution is 9.10. The molecule has 109 heavy (non-hydrogen) atoms. The Morgan fingerprint density at radius 3 is 1.23 bits per heavy atom. The van der Waals surface area contributed by atoms with Crippen LogP contribution in [0.15, 0.2) is 212 Å². The van der Waals surface area contributed by atoms with Gasteiger partial charge in [0, 0.05) is 74.5 Å². The lowest BCUT2D eigenvalue weighted by Gasteiger charge is -2.41. The highest BCUT2D eigenvalue weighted by Crippen LogP contribution is 2.55. The van der Waals surface area contributed by atoms with Gasteiger partial charge < -0.3 is 41.5 Å². The molecule has 6 aliphatic heterocycles. The molecule has 0 saturated heterocycles. The number of aliphatic imine (C=N–C) groups is 3. The fourth-order valence-electron chi connectivity index (χ4n) is 17.3. The summed E-state index contributed by atoms with van der Waals surface area (Å²) in [7, 11) is 3.64. The average molecular weight is 1530 g/mol. The third-order valence-electron chi connectivity index (χ3n) is 22.6. The average Bonchev–Trinajstić information content (AvgIpc) is 1.61. The van der Waals surface area contributed by atoms with E-state index in [4.69, 9.17) is 76.2 Å². The van der Waals surface area contributed by atoms with E-state index in [9.17, 15) is 23.7 Å². The third-order valence-corrected chi connectivity index (χ3v) is 23.1. The molecule has 3 spiro atoms. The summed E-state index contributed by atoms with van der Waals surface area (Å²) < 4.78 is 61.3. The summed E-state index contributed by atoms with van der Waals surface area (Å²) in [6.07, 6.45) is 18.7. The molecule has 0 aromatic heterocycles. The molecule has 8 N–H and O–H groups in total. The number of hydrogen-bond acceptors (Lipinski definition) is 20. The van der Waals surface area contributed by atoms with Crippen LogP contribution in [-0.2, 0) is 51.0 Å². The number of allylic oxidation sites excluding steroid dienone is 8. The van der Waals surface area contributed by atoms with E-state index in [-0.39, 0.29) is 64.2 Å². The maximum absolute atomic E-state index is 14.0. The summed E-state index contributed by atoms with van der Waals surface area (Å²) in [6.45, 7) is 0. The van der Waals surface area contributed by atoms with Crippen LogP contribution in [0.4, 0.5) is 13.2 Å². The van der Waals surface area contributed by atoms with Crippen molar-refractivity contribution < 1.29 is 51.9 Å². The Hall–Kier alpha value is -10.7. The monoisotopic (exact) mass is 1530 g/mol. The van der Waals surface area contributed by atoms with Crippen LogP contribution in [0.25, 0.3) is 0 Å². The van der Waals surface area contributed by atoms with Gasteiger partial charge in [-0.2, -0.15) is 15.8 Å². The van der Waals surface area contributed by atoms with Crippen molar-refractivity contribution in [1.82, 2.24) is 15.2 Å². The molecule has 11 aliphatic rings. The molecule has 0 bridgehead atoms. The molecule has 6 heterocycles. The first-order valence-electron chi connectivity index (χ1n) is 36.8. The van der Waals surface area contributed by atoms with E-state index in [1.54, 1.807) is 44.4 Å². The van der Waals surface area contributed by atoms with Crippen LogP contribution in [0.3, 0.4) is 0 Å². The molecule has 5 aliphatic carbocycles. The van der Waals surface area contributed by atoms with Crippen molar-refractivity contribution in [1.29, 1.82) is 15.8 Å². The summed E-state index contributed by atoms with van der Waals surface area (Å²) >= 11 is 3.56. The predicted octanol–water partition coefficient (Wildman–Crippen LogP) is 13.6. The second-order valence-electron chi connectivity index (χ2n) is 29.3. The predicted molar refractivity (Wildman–Crippen MR) is 408 cm³/mol. The van der Waals surface area contributed by atoms with Crippen LogP contribution in [0.2, 0.25) is 0 Å². The standard InChI is InChI=1S/2C28H27FN4O2.C21H22BrN3O2.C7H5BFNO2/c2*1-33-27(31)32-28(35-33)15-26(22-8-4-6-17-5-2-3-7-21(17)22)34-25-12-10-19(14-23(25)28)18-9-11-24(29)20(13-18)16-30;1-25-20(23)24-21(27-25)12-19(26-18-10-9-14(22)11-17(18)21)16-8-4-6-13-5-2-3-7-15(13)16;9-7-2-1-6(8(11)12)3-5(7)4-10/h2*2-3,5,7,10-14,18,22,26H,4,6,8-9,15H2,1H3,(H2,31,32);2-3,5,7,9-11,16,19H,4,6,8,12H2,1H3,(H2,23,24);1-3,11-12H/t18?,22?,26-,28+;18?,22-,26?,28+;;/m00../s1. The second-order valence-corrected chi connectivity index (χ2v) is 30.2. The van der Waals surface area contributed by atoms with Crippen molar-refractivity contribution in [3.63, 3.8) is 0 Å². The highest BCUT2D eigenvalue weighted by atomic mass is 79.9. The normalized spacial score (nSPS) is 27.1. The lowest BCUT2D eigenvalue weighted by atomic mass is 9.76. The van der Waals surface area contributed by atoms with Gasteiger partial charge in [-0.05, 0) is 187 Å². The van der Waals surface area contributed by atoms with Gasteiger partial charge in [0.2, 0.25) is 35.1 Å². The minimum atomic E-state index is -1.67. The molecule has 0 amide bonds. The molecule has 11 atom stereocenters. The van der Waals surface area contributed by atoms with Crippen molar-refractivity contribution in [2.45, 2.75) is 155 Å². The number of ether oxygens (including phenoxy) is 3. The Balaban J connectivity index is 0.000000122. The minimum Gasteiger partial charge on any atom is -0.489 e. The summed E-state index contributed by atoms with van der Waals surface area (Å²) in [5.74, 6) is 2.29. The molecular formula is C84H81BBrF3N12O8. The highest BCUT2D eigenvalue weighted by Gasteiger charge is 2.54. The molecule has 25 heteroatoms. The number of halogens is 4. The van der Waals surface area contributed by atoms with E-state index >= 15 is 0 Å². The Bertz CT molecular complexity index is 4910. The lowest BCUT2D eigenvalue weighted by Crippen LogP contribution is -2.42. The first-order valence-corrected chi connectivity index (χ1v) is 37.6. The van der Waals surface area contributed by atoms with E-state index < -0.39 is 41.8 Å². The van der Waals surface area contributed by atoms with Crippen molar-refractivity contribution in [3.05, 3.63) is 270 Å². The van der Waals surface area contributed by atoms with Crippen LogP contribution in [0.5, 0.6) is 17.2 Å². The van der Waals surface area contributed by atoms with Crippen molar-refractivity contribution >= 4 is 46.4 Å². The molecule has 0 saturated carbocycles. The van der Waals surface area contributed by atoms with E-state index in [1.807, 2.05) is 66.7 Å². The zero-order valence-corrected chi connectivity index (χ0v) is 62.0. The van der Waals surface area contributed by atoms with Crippen LogP contribution in [-0.4, -0.2) is 89.7 Å². The summed E-state index contributed by atoms with van der Waals surface area (Å²) in [4.78, 5) is 33.2. The SMILES string of the molecule is CN1OC2(CC(C3CCCc4ccccc43)Oc3ccc(Br)cc32)N=C1N.CN1O[C@@]2(CC([C@H]3CCCc4ccccc43)Oc3ccc(C4C=C(C#N)C(F)=CC4)cc32)N=C1N.CN1O[C@@]2(C[C@@H](C3CCCc4ccccc43)Oc3ccc(C4C=C(C#N)C(F)=CC4)cc32)N=C1N.N#Cc1cc(B(O)O)ccc1F. The van der Waals surface area contributed by atoms with Gasteiger partial charge in [-0.1, -0.05) is 119 Å². The molecule has 20 nitrogen and oxygen atoms in total. The van der Waals surface area contributed by atoms with Crippen LogP contribution >= 0.6 is 15.9 Å². The summed E-state index contributed by atoms with van der Waals surface area (Å²) in [5.41, 5.74) is 28.4. The number of hydrogen-bond donors (Lipinski definition) is 5. The number of fused-ring (bicyclic) bond motifs is 9. The Morgan fingerprint density at radius 2 is 0.872 bits per heavy atom. The van der Waals surface area contributed by atoms with Gasteiger partial charge >= 0.3 is 7.12 Å². The molecule has 7 aromatic carbocycles. The lowest BCUT2D eigenvalue weighted by molar-refractivity contribution is -0.193. The van der Waals surface area contributed by atoms with Crippen LogP contribution in [0, 0.1) is 39.8 Å². The summed E-state index contributed by atoms with van der Waals surface area (Å²) in [6, 6.07) is 52.7. The largest absolute Gasteiger partial charge is 0.489 e. The molecule has 7 unspecified atom stereocenters. The Labute approximate surface area is 639 Å². The second kappa shape index (κ2) is 30.4. The van der Waals surface area contributed by atoms with E-state index in [2.05, 4.69) is 88.7 Å². The Kier molecular flexibility index (Phi) is 20.6. The zero-order chi connectivity index (χ0) is 76.0. The van der Waals surface area contributed by atoms with Crippen LogP contribution < -0.4 is 36.9 Å². The van der Waals surface area contributed by atoms with Crippen LogP contribution in [0.1, 0.15) is 167 Å². The maximum Gasteiger partial charge on any atom is 0.488 e. The van der Waals surface area contributed by atoms with E-state index in [0.29, 0.717) is 55.9 Å². The first-order chi connectivity index (χ1) is 52.6. The van der Waals surface area contributed by atoms with Gasteiger partial charge in [0.25, 0.3) is 0 Å². The van der Waals surface area contributed by atoms with Gasteiger partial charge in [0.1, 0.15) is 71.2 Å². The molecule has 7 aromatic rings. The third kappa shape index (κ3) is 14.5. The number of nitrogens with two attached hydrogens (primary N) is 3. The van der Waals surface area contributed by atoms with Gasteiger partial charge in [0.15, 0.2) is 0 Å². The fraction of sp³-hybridized carbons (Fsp3) is 0.333. The van der Waals surface area contributed by atoms with E-state index in [1.165, 1.54) is 68.1 Å². The van der Waals surface area contributed by atoms with E-state index in [0.717, 1.165) is 113 Å². The van der Waals surface area contributed by atoms with Crippen molar-refractivity contribution in [3.8, 4) is 35.5 Å². The number of guanidine groups is 3. The smallest absolute Gasteiger partial charge is 0.488 e. The first kappa shape index (κ1) is 73.8. The minimum absolute atomic E-state index is 0.0109. The van der Waals surface area contributed by atoms with Crippen molar-refractivity contribution in [2.24, 2.45) is 32.2 Å². The molecule has 556 valence electrons. The number of nitrogens with zero attached hydrogens (tertiary/aromatic N) is 9. The number of hydroxylamine groups is 6. The zero-order valence-electron chi connectivity index (χ0n) is 60.4. The van der Waals surface area contributed by atoms with Crippen molar-refractivity contribution in [2.75, 3.05) is 21.1 Å². The summed E-state index contributed by atoms with van der Waals surface area (Å²) in [5, 5.41) is 48.9.